The molecule has 0 spiro atoms. The number of ether oxygens (including phenoxy) is 2. The third-order valence-corrected chi connectivity index (χ3v) is 3.33. The molecule has 3 nitrogen and oxygen atoms in total. The molecule has 0 bridgehead atoms. The molecule has 0 amide bonds. The number of benzene rings is 1. The highest BCUT2D eigenvalue weighted by Crippen LogP contribution is 2.34. The van der Waals surface area contributed by atoms with Crippen LogP contribution in [-0.2, 0) is 6.42 Å². The quantitative estimate of drug-likeness (QED) is 0.783. The molecule has 0 atom stereocenters. The van der Waals surface area contributed by atoms with Crippen molar-refractivity contribution < 1.29 is 9.47 Å². The minimum Gasteiger partial charge on any atom is -0.493 e. The summed E-state index contributed by atoms with van der Waals surface area (Å²) in [7, 11) is 1.66. The van der Waals surface area contributed by atoms with Gasteiger partial charge >= 0.3 is 0 Å². The van der Waals surface area contributed by atoms with Crippen LogP contribution in [0.15, 0.2) is 16.6 Å². The summed E-state index contributed by atoms with van der Waals surface area (Å²) >= 11 is 3.57. The molecule has 2 N–H and O–H groups in total. The van der Waals surface area contributed by atoms with Gasteiger partial charge in [0.25, 0.3) is 0 Å². The van der Waals surface area contributed by atoms with E-state index in [2.05, 4.69) is 22.0 Å². The molecule has 0 unspecified atom stereocenters. The van der Waals surface area contributed by atoms with Gasteiger partial charge in [-0.3, -0.25) is 0 Å². The predicted molar refractivity (Wildman–Crippen MR) is 78.5 cm³/mol. The molecule has 0 aromatic heterocycles. The van der Waals surface area contributed by atoms with E-state index >= 15 is 0 Å². The van der Waals surface area contributed by atoms with Crippen LogP contribution in [0.5, 0.6) is 11.5 Å². The standard InChI is InChI=1S/C14H22BrNO2/c1-10(2)18-14-8-11(6-4-5-7-16)12(15)9-13(14)17-3/h8-10H,4-7,16H2,1-3H3. The molecule has 1 aromatic carbocycles. The highest BCUT2D eigenvalue weighted by molar-refractivity contribution is 9.10. The van der Waals surface area contributed by atoms with Crippen molar-refractivity contribution in [3.8, 4) is 11.5 Å². The molecular formula is C14H22BrNO2. The normalized spacial score (nSPS) is 10.8. The molecule has 0 aliphatic carbocycles. The van der Waals surface area contributed by atoms with E-state index in [1.807, 2.05) is 19.9 Å². The maximum absolute atomic E-state index is 5.77. The SMILES string of the molecule is COc1cc(Br)c(CCCCN)cc1OC(C)C. The molecule has 1 aromatic rings. The largest absolute Gasteiger partial charge is 0.493 e. The zero-order valence-corrected chi connectivity index (χ0v) is 12.9. The van der Waals surface area contributed by atoms with Crippen molar-refractivity contribution in [3.63, 3.8) is 0 Å². The zero-order valence-electron chi connectivity index (χ0n) is 11.3. The van der Waals surface area contributed by atoms with Gasteiger partial charge in [0.1, 0.15) is 0 Å². The van der Waals surface area contributed by atoms with Gasteiger partial charge in [-0.2, -0.15) is 0 Å². The maximum Gasteiger partial charge on any atom is 0.161 e. The molecule has 0 radical (unpaired) electrons. The lowest BCUT2D eigenvalue weighted by Crippen LogP contribution is -2.07. The fraction of sp³-hybridized carbons (Fsp3) is 0.571. The first-order valence-corrected chi connectivity index (χ1v) is 7.11. The fourth-order valence-corrected chi connectivity index (χ4v) is 2.25. The molecule has 0 aliphatic heterocycles. The molecule has 0 aliphatic rings. The van der Waals surface area contributed by atoms with Crippen LogP contribution in [0.4, 0.5) is 0 Å². The first-order valence-electron chi connectivity index (χ1n) is 6.31. The number of hydrogen-bond acceptors (Lipinski definition) is 3. The Hall–Kier alpha value is -0.740. The topological polar surface area (TPSA) is 44.5 Å². The van der Waals surface area contributed by atoms with E-state index in [-0.39, 0.29) is 6.10 Å². The van der Waals surface area contributed by atoms with E-state index < -0.39 is 0 Å². The Kier molecular flexibility index (Phi) is 6.50. The second-order valence-corrected chi connectivity index (χ2v) is 5.36. The van der Waals surface area contributed by atoms with Gasteiger partial charge in [0.05, 0.1) is 13.2 Å². The van der Waals surface area contributed by atoms with Crippen molar-refractivity contribution in [1.82, 2.24) is 0 Å². The molecule has 0 saturated carbocycles. The molecule has 0 heterocycles. The Bertz CT molecular complexity index is 380. The number of unbranched alkanes of at least 4 members (excludes halogenated alkanes) is 1. The van der Waals surface area contributed by atoms with E-state index in [0.717, 1.165) is 41.8 Å². The number of hydrogen-bond donors (Lipinski definition) is 1. The Morgan fingerprint density at radius 2 is 1.94 bits per heavy atom. The van der Waals surface area contributed by atoms with Gasteiger partial charge in [-0.05, 0) is 57.4 Å². The fourth-order valence-electron chi connectivity index (χ4n) is 1.73. The van der Waals surface area contributed by atoms with Crippen LogP contribution >= 0.6 is 15.9 Å². The van der Waals surface area contributed by atoms with Crippen molar-refractivity contribution >= 4 is 15.9 Å². The minimum atomic E-state index is 0.136. The Balaban J connectivity index is 2.90. The van der Waals surface area contributed by atoms with Gasteiger partial charge in [0.15, 0.2) is 11.5 Å². The molecule has 18 heavy (non-hydrogen) atoms. The number of methoxy groups -OCH3 is 1. The average Bonchev–Trinajstić information content (AvgIpc) is 2.32. The summed E-state index contributed by atoms with van der Waals surface area (Å²) < 4.78 is 12.2. The van der Waals surface area contributed by atoms with Gasteiger partial charge in [0.2, 0.25) is 0 Å². The molecule has 1 rings (SSSR count). The third kappa shape index (κ3) is 4.50. The highest BCUT2D eigenvalue weighted by Gasteiger charge is 2.11. The third-order valence-electron chi connectivity index (χ3n) is 2.60. The Morgan fingerprint density at radius 3 is 2.50 bits per heavy atom. The second kappa shape index (κ2) is 7.64. The zero-order chi connectivity index (χ0) is 13.5. The lowest BCUT2D eigenvalue weighted by molar-refractivity contribution is 0.230. The minimum absolute atomic E-state index is 0.136. The van der Waals surface area contributed by atoms with E-state index in [1.165, 1.54) is 5.56 Å². The number of rotatable bonds is 7. The van der Waals surface area contributed by atoms with Gasteiger partial charge in [-0.1, -0.05) is 15.9 Å². The van der Waals surface area contributed by atoms with E-state index in [9.17, 15) is 0 Å². The van der Waals surface area contributed by atoms with Gasteiger partial charge in [-0.25, -0.2) is 0 Å². The van der Waals surface area contributed by atoms with Crippen molar-refractivity contribution in [2.75, 3.05) is 13.7 Å². The van der Waals surface area contributed by atoms with E-state index in [4.69, 9.17) is 15.2 Å². The average molecular weight is 316 g/mol. The van der Waals surface area contributed by atoms with Crippen LogP contribution in [0, 0.1) is 0 Å². The Labute approximate surface area is 118 Å². The van der Waals surface area contributed by atoms with Crippen LogP contribution in [0.1, 0.15) is 32.3 Å². The van der Waals surface area contributed by atoms with Crippen LogP contribution in [0.3, 0.4) is 0 Å². The summed E-state index contributed by atoms with van der Waals surface area (Å²) in [4.78, 5) is 0. The summed E-state index contributed by atoms with van der Waals surface area (Å²) in [6.07, 6.45) is 3.26. The van der Waals surface area contributed by atoms with Crippen LogP contribution in [-0.4, -0.2) is 19.8 Å². The van der Waals surface area contributed by atoms with Crippen molar-refractivity contribution in [3.05, 3.63) is 22.2 Å². The molecule has 0 fully saturated rings. The summed E-state index contributed by atoms with van der Waals surface area (Å²) in [5, 5.41) is 0. The van der Waals surface area contributed by atoms with Crippen molar-refractivity contribution in [1.29, 1.82) is 0 Å². The lowest BCUT2D eigenvalue weighted by Gasteiger charge is -2.16. The summed E-state index contributed by atoms with van der Waals surface area (Å²) in [5.41, 5.74) is 6.75. The molecule has 0 saturated heterocycles. The van der Waals surface area contributed by atoms with Crippen LogP contribution in [0.25, 0.3) is 0 Å². The summed E-state index contributed by atoms with van der Waals surface area (Å²) in [6.45, 7) is 4.76. The second-order valence-electron chi connectivity index (χ2n) is 4.51. The summed E-state index contributed by atoms with van der Waals surface area (Å²) in [5.74, 6) is 1.57. The first kappa shape index (κ1) is 15.3. The van der Waals surface area contributed by atoms with Gasteiger partial charge < -0.3 is 15.2 Å². The number of nitrogens with two attached hydrogens (primary N) is 1. The highest BCUT2D eigenvalue weighted by atomic mass is 79.9. The maximum atomic E-state index is 5.77. The first-order chi connectivity index (χ1) is 8.58. The number of aryl methyl sites for hydroxylation is 1. The van der Waals surface area contributed by atoms with Gasteiger partial charge in [-0.15, -0.1) is 0 Å². The molecule has 102 valence electrons. The monoisotopic (exact) mass is 315 g/mol. The van der Waals surface area contributed by atoms with E-state index in [1.54, 1.807) is 7.11 Å². The smallest absolute Gasteiger partial charge is 0.161 e. The molecule has 4 heteroatoms. The number of halogens is 1. The molecular weight excluding hydrogens is 294 g/mol. The Morgan fingerprint density at radius 1 is 1.22 bits per heavy atom. The van der Waals surface area contributed by atoms with Crippen LogP contribution in [0.2, 0.25) is 0 Å². The van der Waals surface area contributed by atoms with E-state index in [0.29, 0.717) is 0 Å². The predicted octanol–water partition coefficient (Wildman–Crippen LogP) is 3.53. The lowest BCUT2D eigenvalue weighted by atomic mass is 10.1. The van der Waals surface area contributed by atoms with Crippen LogP contribution < -0.4 is 15.2 Å². The summed E-state index contributed by atoms with van der Waals surface area (Å²) in [6, 6.07) is 4.02. The van der Waals surface area contributed by atoms with Crippen molar-refractivity contribution in [2.24, 2.45) is 5.73 Å². The van der Waals surface area contributed by atoms with Crippen molar-refractivity contribution in [2.45, 2.75) is 39.2 Å². The van der Waals surface area contributed by atoms with Gasteiger partial charge in [0, 0.05) is 4.47 Å².